The smallest absolute Gasteiger partial charge is 0.491 e. The molecule has 3 rings (SSSR count). The van der Waals surface area contributed by atoms with Crippen molar-refractivity contribution >= 4 is 27.3 Å². The van der Waals surface area contributed by atoms with E-state index < -0.39 is 69.8 Å². The average Bonchev–Trinajstić information content (AvgIpc) is 3.11. The number of ether oxygens (including phenoxy) is 2. The zero-order valence-corrected chi connectivity index (χ0v) is 17.6. The fraction of sp³-hybridized carbons (Fsp3) is 0.333. The van der Waals surface area contributed by atoms with Crippen LogP contribution in [0.2, 0.25) is 0 Å². The minimum Gasteiger partial charge on any atom is -0.491 e. The second-order valence-corrected chi connectivity index (χ2v) is 8.43. The lowest BCUT2D eigenvalue weighted by molar-refractivity contribution is -0.339. The standard InChI is InChI=1S/C18H17F5N4O5S/c1-31-16-12(3-2-11(19)15(16)20)27-8-10(32-18(21,22)23)7-13(27)17(28)26-9-4-5-25-14(6-9)33(24,29)30/h2-6,10,13H,7-8H2,1H3,(H2,24,29,30)(H,25,26,28)/t10-,13-/m1/s1. The Morgan fingerprint density at radius 3 is 2.58 bits per heavy atom. The maximum absolute atomic E-state index is 14.2. The van der Waals surface area contributed by atoms with E-state index in [1.165, 1.54) is 6.07 Å². The molecular formula is C18H17F5N4O5S. The maximum atomic E-state index is 14.2. The molecule has 3 N–H and O–H groups in total. The molecule has 2 aromatic rings. The molecule has 2 heterocycles. The Kier molecular flexibility index (Phi) is 6.76. The molecular weight excluding hydrogens is 479 g/mol. The lowest BCUT2D eigenvalue weighted by Crippen LogP contribution is -2.40. The van der Waals surface area contributed by atoms with Gasteiger partial charge >= 0.3 is 6.36 Å². The van der Waals surface area contributed by atoms with Gasteiger partial charge in [0, 0.05) is 30.9 Å². The second-order valence-electron chi connectivity index (χ2n) is 6.92. The number of halogens is 5. The van der Waals surface area contributed by atoms with Crippen LogP contribution in [0.3, 0.4) is 0 Å². The molecule has 0 spiro atoms. The van der Waals surface area contributed by atoms with Crippen LogP contribution in [0, 0.1) is 11.6 Å². The zero-order valence-electron chi connectivity index (χ0n) is 16.8. The van der Waals surface area contributed by atoms with Crippen LogP contribution in [0.4, 0.5) is 33.3 Å². The first-order valence-electron chi connectivity index (χ1n) is 9.13. The minimum absolute atomic E-state index is 0.0589. The molecule has 2 atom stereocenters. The monoisotopic (exact) mass is 496 g/mol. The maximum Gasteiger partial charge on any atom is 0.522 e. The first-order valence-corrected chi connectivity index (χ1v) is 10.7. The predicted octanol–water partition coefficient (Wildman–Crippen LogP) is 2.14. The van der Waals surface area contributed by atoms with Crippen LogP contribution in [-0.2, 0) is 19.6 Å². The fourth-order valence-electron chi connectivity index (χ4n) is 3.40. The van der Waals surface area contributed by atoms with Crippen LogP contribution in [-0.4, -0.2) is 51.5 Å². The molecule has 0 unspecified atom stereocenters. The van der Waals surface area contributed by atoms with E-state index in [1.54, 1.807) is 0 Å². The van der Waals surface area contributed by atoms with E-state index in [-0.39, 0.29) is 11.4 Å². The largest absolute Gasteiger partial charge is 0.522 e. The number of alkyl halides is 3. The Morgan fingerprint density at radius 1 is 1.27 bits per heavy atom. The molecule has 33 heavy (non-hydrogen) atoms. The summed E-state index contributed by atoms with van der Waals surface area (Å²) in [6.45, 7) is -0.502. The molecule has 0 saturated carbocycles. The number of carbonyl (C=O) groups excluding carboxylic acids is 1. The topological polar surface area (TPSA) is 124 Å². The molecule has 15 heteroatoms. The van der Waals surface area contributed by atoms with Gasteiger partial charge in [0.2, 0.25) is 11.7 Å². The number of nitrogens with one attached hydrogen (secondary N) is 1. The molecule has 0 aliphatic carbocycles. The fourth-order valence-corrected chi connectivity index (χ4v) is 3.90. The van der Waals surface area contributed by atoms with Gasteiger partial charge in [-0.15, -0.1) is 13.2 Å². The van der Waals surface area contributed by atoms with Gasteiger partial charge in [0.05, 0.1) is 18.9 Å². The molecule has 1 aliphatic heterocycles. The number of aromatic nitrogens is 1. The lowest BCUT2D eigenvalue weighted by atomic mass is 10.1. The summed E-state index contributed by atoms with van der Waals surface area (Å²) in [5.41, 5.74) is -0.235. The number of amides is 1. The molecule has 1 saturated heterocycles. The van der Waals surface area contributed by atoms with Gasteiger partial charge < -0.3 is 15.0 Å². The van der Waals surface area contributed by atoms with Crippen molar-refractivity contribution in [2.45, 2.75) is 30.0 Å². The van der Waals surface area contributed by atoms with Gasteiger partial charge in [-0.05, 0) is 18.2 Å². The van der Waals surface area contributed by atoms with E-state index >= 15 is 0 Å². The number of nitrogens with two attached hydrogens (primary N) is 1. The van der Waals surface area contributed by atoms with Gasteiger partial charge in [0.15, 0.2) is 16.6 Å². The van der Waals surface area contributed by atoms with Crippen LogP contribution in [0.5, 0.6) is 5.75 Å². The Labute approximate surface area is 184 Å². The summed E-state index contributed by atoms with van der Waals surface area (Å²) in [6.07, 6.45) is -5.94. The molecule has 1 aromatic heterocycles. The Morgan fingerprint density at radius 2 is 1.97 bits per heavy atom. The third-order valence-corrected chi connectivity index (χ3v) is 5.51. The number of carbonyl (C=O) groups is 1. The van der Waals surface area contributed by atoms with Crippen molar-refractivity contribution < 1.29 is 44.6 Å². The van der Waals surface area contributed by atoms with E-state index in [2.05, 4.69) is 15.0 Å². The predicted molar refractivity (Wildman–Crippen MR) is 104 cm³/mol. The molecule has 1 fully saturated rings. The number of rotatable bonds is 6. The van der Waals surface area contributed by atoms with Gasteiger partial charge in [-0.1, -0.05) is 0 Å². The van der Waals surface area contributed by atoms with E-state index in [9.17, 15) is 35.2 Å². The highest BCUT2D eigenvalue weighted by Gasteiger charge is 2.44. The van der Waals surface area contributed by atoms with E-state index in [0.717, 1.165) is 36.4 Å². The third kappa shape index (κ3) is 5.66. The van der Waals surface area contributed by atoms with Gasteiger partial charge in [-0.25, -0.2) is 22.9 Å². The van der Waals surface area contributed by atoms with Crippen LogP contribution in [0.15, 0.2) is 35.5 Å². The molecule has 1 aromatic carbocycles. The van der Waals surface area contributed by atoms with Crippen LogP contribution in [0.25, 0.3) is 0 Å². The number of anilines is 2. The van der Waals surface area contributed by atoms with Crippen LogP contribution in [0.1, 0.15) is 6.42 Å². The summed E-state index contributed by atoms with van der Waals surface area (Å²) >= 11 is 0. The number of primary sulfonamides is 1. The Bertz CT molecular complexity index is 1160. The molecule has 180 valence electrons. The molecule has 0 radical (unpaired) electrons. The van der Waals surface area contributed by atoms with Crippen LogP contribution < -0.4 is 20.1 Å². The van der Waals surface area contributed by atoms with E-state index in [4.69, 9.17) is 9.88 Å². The van der Waals surface area contributed by atoms with Crippen molar-refractivity contribution in [3.05, 3.63) is 42.1 Å². The normalized spacial score (nSPS) is 18.9. The minimum atomic E-state index is -5.00. The summed E-state index contributed by atoms with van der Waals surface area (Å²) in [5, 5.41) is 6.80. The summed E-state index contributed by atoms with van der Waals surface area (Å²) < 4.78 is 98.0. The lowest BCUT2D eigenvalue weighted by Gasteiger charge is -2.27. The molecule has 1 aliphatic rings. The molecule has 0 bridgehead atoms. The third-order valence-electron chi connectivity index (χ3n) is 4.70. The number of benzene rings is 1. The summed E-state index contributed by atoms with van der Waals surface area (Å²) in [5.74, 6) is -4.13. The number of methoxy groups -OCH3 is 1. The molecule has 9 nitrogen and oxygen atoms in total. The van der Waals surface area contributed by atoms with Crippen molar-refractivity contribution in [2.75, 3.05) is 23.9 Å². The van der Waals surface area contributed by atoms with Gasteiger partial charge in [0.1, 0.15) is 6.04 Å². The summed E-state index contributed by atoms with van der Waals surface area (Å²) in [6, 6.07) is 2.63. The van der Waals surface area contributed by atoms with Gasteiger partial charge in [0.25, 0.3) is 10.0 Å². The van der Waals surface area contributed by atoms with Crippen molar-refractivity contribution in [3.63, 3.8) is 0 Å². The highest BCUT2D eigenvalue weighted by molar-refractivity contribution is 7.89. The van der Waals surface area contributed by atoms with Gasteiger partial charge in [-0.3, -0.25) is 9.53 Å². The first kappa shape index (κ1) is 24.6. The van der Waals surface area contributed by atoms with Crippen molar-refractivity contribution in [2.24, 2.45) is 5.14 Å². The number of pyridine rings is 1. The van der Waals surface area contributed by atoms with Gasteiger partial charge in [-0.2, -0.15) is 4.39 Å². The van der Waals surface area contributed by atoms with E-state index in [1.807, 2.05) is 0 Å². The summed E-state index contributed by atoms with van der Waals surface area (Å²) in [7, 11) is -3.16. The number of nitrogens with zero attached hydrogens (tertiary/aromatic N) is 2. The first-order chi connectivity index (χ1) is 15.3. The zero-order chi connectivity index (χ0) is 24.6. The quantitative estimate of drug-likeness (QED) is 0.588. The van der Waals surface area contributed by atoms with Crippen molar-refractivity contribution in [1.82, 2.24) is 4.98 Å². The van der Waals surface area contributed by atoms with Crippen molar-refractivity contribution in [3.8, 4) is 5.75 Å². The summed E-state index contributed by atoms with van der Waals surface area (Å²) in [4.78, 5) is 17.6. The SMILES string of the molecule is COc1c(N2C[C@H](OC(F)(F)F)C[C@@H]2C(=O)Nc2ccnc(S(N)(=O)=O)c2)ccc(F)c1F. The molecule has 1 amide bonds. The second kappa shape index (κ2) is 9.07. The van der Waals surface area contributed by atoms with Crippen molar-refractivity contribution in [1.29, 1.82) is 0 Å². The number of hydrogen-bond acceptors (Lipinski definition) is 7. The van der Waals surface area contributed by atoms with E-state index in [0.29, 0.717) is 0 Å². The number of hydrogen-bond donors (Lipinski definition) is 2. The highest BCUT2D eigenvalue weighted by atomic mass is 32.2. The Hall–Kier alpha value is -3.04. The average molecular weight is 496 g/mol. The number of sulfonamides is 1. The highest BCUT2D eigenvalue weighted by Crippen LogP contribution is 2.38. The van der Waals surface area contributed by atoms with Crippen LogP contribution >= 0.6 is 0 Å². The Balaban J connectivity index is 1.95.